The van der Waals surface area contributed by atoms with E-state index in [1.807, 2.05) is 48.5 Å². The average molecular weight is 478 g/mol. The Labute approximate surface area is 183 Å². The molecule has 0 bridgehead atoms. The predicted octanol–water partition coefficient (Wildman–Crippen LogP) is 5.80. The lowest BCUT2D eigenvalue weighted by molar-refractivity contribution is -0.129. The molecule has 5 nitrogen and oxygen atoms in total. The maximum atomic E-state index is 12.6. The lowest BCUT2D eigenvalue weighted by Gasteiger charge is -2.08. The number of rotatable bonds is 4. The van der Waals surface area contributed by atoms with E-state index < -0.39 is 10.9 Å². The van der Waals surface area contributed by atoms with Crippen molar-refractivity contribution in [2.45, 2.75) is 0 Å². The summed E-state index contributed by atoms with van der Waals surface area (Å²) in [5.41, 5.74) is 2.42. The van der Waals surface area contributed by atoms with Crippen molar-refractivity contribution in [3.63, 3.8) is 0 Å². The van der Waals surface area contributed by atoms with Crippen molar-refractivity contribution in [2.75, 3.05) is 0 Å². The van der Waals surface area contributed by atoms with Gasteiger partial charge in [0.25, 0.3) is 0 Å². The molecule has 3 aromatic carbocycles. The number of halogens is 1. The maximum absolute atomic E-state index is 12.6. The molecule has 0 saturated heterocycles. The zero-order chi connectivity index (χ0) is 21.1. The minimum atomic E-state index is -0.779. The molecule has 0 atom stereocenters. The molecule has 7 heteroatoms. The molecule has 0 radical (unpaired) electrons. The number of hydrogen-bond donors (Lipinski definition) is 0. The Kier molecular flexibility index (Phi) is 5.61. The van der Waals surface area contributed by atoms with Crippen LogP contribution >= 0.6 is 27.3 Å². The second kappa shape index (κ2) is 8.49. The molecule has 0 aliphatic carbocycles. The van der Waals surface area contributed by atoms with Gasteiger partial charge in [0.05, 0.1) is 4.70 Å². The Morgan fingerprint density at radius 1 is 1.10 bits per heavy atom. The van der Waals surface area contributed by atoms with E-state index in [1.54, 1.807) is 24.3 Å². The summed E-state index contributed by atoms with van der Waals surface area (Å²) in [6.45, 7) is 0. The zero-order valence-electron chi connectivity index (χ0n) is 15.3. The van der Waals surface area contributed by atoms with Crippen LogP contribution in [0.5, 0.6) is 5.75 Å². The summed E-state index contributed by atoms with van der Waals surface area (Å²) in [6.07, 6.45) is 1.47. The van der Waals surface area contributed by atoms with Gasteiger partial charge in [0.15, 0.2) is 5.58 Å². The highest BCUT2D eigenvalue weighted by Gasteiger charge is 2.17. The summed E-state index contributed by atoms with van der Waals surface area (Å²) >= 11 is 4.31. The molecule has 1 aromatic heterocycles. The number of benzene rings is 3. The number of ether oxygens (including phenoxy) is 1. The molecule has 146 valence electrons. The van der Waals surface area contributed by atoms with Crippen LogP contribution in [-0.2, 0) is 4.79 Å². The molecule has 0 unspecified atom stereocenters. The number of carbonyl (C=O) groups excluding carboxylic acids is 1. The maximum Gasteiger partial charge on any atom is 0.396 e. The van der Waals surface area contributed by atoms with E-state index in [4.69, 9.17) is 9.15 Å². The van der Waals surface area contributed by atoms with Crippen molar-refractivity contribution < 1.29 is 13.9 Å². The van der Waals surface area contributed by atoms with Gasteiger partial charge in [-0.25, -0.2) is 9.59 Å². The first-order valence-electron chi connectivity index (χ1n) is 8.76. The fourth-order valence-corrected chi connectivity index (χ4v) is 3.86. The molecule has 30 heavy (non-hydrogen) atoms. The Bertz CT molecular complexity index is 1360. The number of nitriles is 1. The van der Waals surface area contributed by atoms with Gasteiger partial charge in [0.1, 0.15) is 17.4 Å². The topological polar surface area (TPSA) is 80.3 Å². The molecule has 0 aliphatic rings. The second-order valence-corrected chi connectivity index (χ2v) is 8.12. The summed E-state index contributed by atoms with van der Waals surface area (Å²) < 4.78 is 12.3. The molecule has 1 heterocycles. The van der Waals surface area contributed by atoms with E-state index in [9.17, 15) is 14.9 Å². The number of esters is 1. The van der Waals surface area contributed by atoms with E-state index in [1.165, 1.54) is 6.08 Å². The summed E-state index contributed by atoms with van der Waals surface area (Å²) in [6, 6.07) is 21.5. The Morgan fingerprint density at radius 3 is 2.53 bits per heavy atom. The van der Waals surface area contributed by atoms with Crippen LogP contribution < -0.4 is 9.68 Å². The van der Waals surface area contributed by atoms with Gasteiger partial charge >= 0.3 is 10.9 Å². The van der Waals surface area contributed by atoms with E-state index in [0.29, 0.717) is 21.4 Å². The first-order valence-corrected chi connectivity index (χ1v) is 10.4. The highest BCUT2D eigenvalue weighted by molar-refractivity contribution is 9.10. The summed E-state index contributed by atoms with van der Waals surface area (Å²) in [5.74, 6) is -0.560. The normalized spacial score (nSPS) is 11.3. The predicted molar refractivity (Wildman–Crippen MR) is 119 cm³/mol. The Balaban J connectivity index is 1.73. The van der Waals surface area contributed by atoms with E-state index in [2.05, 4.69) is 15.9 Å². The molecule has 0 fully saturated rings. The standard InChI is InChI=1S/C23H12BrNO4S/c24-17-8-6-15(7-9-17)19-11-18(12-20-21(19)29-23(27)30-20)28-22(26)16(13-25)10-14-4-2-1-3-5-14/h1-12H/b16-10+. The number of fused-ring (bicyclic) bond motifs is 1. The lowest BCUT2D eigenvalue weighted by Crippen LogP contribution is -2.10. The molecular formula is C23H12BrNO4S. The summed E-state index contributed by atoms with van der Waals surface area (Å²) in [5, 5.41) is 9.39. The number of hydrogen-bond acceptors (Lipinski definition) is 6. The largest absolute Gasteiger partial charge is 0.422 e. The van der Waals surface area contributed by atoms with Crippen molar-refractivity contribution >= 4 is 49.6 Å². The van der Waals surface area contributed by atoms with Crippen LogP contribution in [0.3, 0.4) is 0 Å². The van der Waals surface area contributed by atoms with E-state index >= 15 is 0 Å². The summed E-state index contributed by atoms with van der Waals surface area (Å²) in [4.78, 5) is 23.9. The first-order chi connectivity index (χ1) is 14.5. The van der Waals surface area contributed by atoms with Gasteiger partial charge in [0.2, 0.25) is 0 Å². The molecule has 0 aliphatic heterocycles. The molecule has 0 N–H and O–H groups in total. The van der Waals surface area contributed by atoms with E-state index in [-0.39, 0.29) is 11.3 Å². The van der Waals surface area contributed by atoms with Crippen LogP contribution in [0, 0.1) is 11.3 Å². The first kappa shape index (κ1) is 19.8. The van der Waals surface area contributed by atoms with Gasteiger partial charge in [-0.2, -0.15) is 5.26 Å². The summed E-state index contributed by atoms with van der Waals surface area (Å²) in [7, 11) is 0. The Hall–Kier alpha value is -3.47. The van der Waals surface area contributed by atoms with Gasteiger partial charge in [-0.15, -0.1) is 0 Å². The van der Waals surface area contributed by atoms with Crippen molar-refractivity contribution in [3.8, 4) is 22.9 Å². The van der Waals surface area contributed by atoms with Gasteiger partial charge < -0.3 is 9.15 Å². The van der Waals surface area contributed by atoms with Crippen LogP contribution in [0.15, 0.2) is 86.0 Å². The van der Waals surface area contributed by atoms with Crippen LogP contribution in [0.2, 0.25) is 0 Å². The fourth-order valence-electron chi connectivity index (χ4n) is 2.87. The quantitative estimate of drug-likeness (QED) is 0.160. The van der Waals surface area contributed by atoms with Gasteiger partial charge in [0, 0.05) is 16.1 Å². The minimum absolute atomic E-state index is 0.133. The monoisotopic (exact) mass is 477 g/mol. The third-order valence-corrected chi connectivity index (χ3v) is 5.53. The van der Waals surface area contributed by atoms with Crippen LogP contribution in [0.1, 0.15) is 5.56 Å². The van der Waals surface area contributed by atoms with Gasteiger partial charge in [-0.3, -0.25) is 0 Å². The molecular weight excluding hydrogens is 466 g/mol. The molecule has 4 rings (SSSR count). The van der Waals surface area contributed by atoms with Crippen molar-refractivity contribution in [2.24, 2.45) is 0 Å². The number of carbonyl (C=O) groups is 1. The highest BCUT2D eigenvalue weighted by Crippen LogP contribution is 2.35. The molecule has 4 aromatic rings. The Morgan fingerprint density at radius 2 is 1.83 bits per heavy atom. The molecule has 0 amide bonds. The smallest absolute Gasteiger partial charge is 0.396 e. The SMILES string of the molecule is N#C/C(=C\c1ccccc1)C(=O)Oc1cc(-c2ccc(Br)cc2)c2oc(=O)sc2c1. The van der Waals surface area contributed by atoms with Gasteiger partial charge in [-0.05, 0) is 35.4 Å². The van der Waals surface area contributed by atoms with Crippen molar-refractivity contribution in [1.82, 2.24) is 0 Å². The van der Waals surface area contributed by atoms with Crippen LogP contribution in [0.25, 0.3) is 27.5 Å². The lowest BCUT2D eigenvalue weighted by atomic mass is 10.0. The average Bonchev–Trinajstić information content (AvgIpc) is 3.12. The van der Waals surface area contributed by atoms with Crippen LogP contribution in [-0.4, -0.2) is 5.97 Å². The van der Waals surface area contributed by atoms with Gasteiger partial charge in [-0.1, -0.05) is 69.7 Å². The van der Waals surface area contributed by atoms with Crippen molar-refractivity contribution in [1.29, 1.82) is 5.26 Å². The molecule has 0 spiro atoms. The second-order valence-electron chi connectivity index (χ2n) is 6.23. The van der Waals surface area contributed by atoms with Crippen molar-refractivity contribution in [3.05, 3.63) is 92.1 Å². The molecule has 0 saturated carbocycles. The highest BCUT2D eigenvalue weighted by atomic mass is 79.9. The fraction of sp³-hybridized carbons (Fsp3) is 0. The van der Waals surface area contributed by atoms with E-state index in [0.717, 1.165) is 21.4 Å². The third kappa shape index (κ3) is 4.25. The zero-order valence-corrected chi connectivity index (χ0v) is 17.7. The minimum Gasteiger partial charge on any atom is -0.422 e. The number of nitrogens with zero attached hydrogens (tertiary/aromatic N) is 1. The third-order valence-electron chi connectivity index (χ3n) is 4.22. The van der Waals surface area contributed by atoms with Crippen LogP contribution in [0.4, 0.5) is 0 Å².